The van der Waals surface area contributed by atoms with Gasteiger partial charge in [0.2, 0.25) is 0 Å². The molecule has 1 aromatic heterocycles. The Morgan fingerprint density at radius 2 is 1.37 bits per heavy atom. The first kappa shape index (κ1) is 22.6. The maximum absolute atomic E-state index is 4.17. The molecule has 0 spiro atoms. The van der Waals surface area contributed by atoms with Crippen LogP contribution in [0.4, 0.5) is 5.95 Å². The van der Waals surface area contributed by atoms with Gasteiger partial charge >= 0.3 is 120 Å². The molecule has 8 heteroatoms. The van der Waals surface area contributed by atoms with Gasteiger partial charge in [0.25, 0.3) is 0 Å². The van der Waals surface area contributed by atoms with Crippen LogP contribution in [0.25, 0.3) is 0 Å². The van der Waals surface area contributed by atoms with E-state index < -0.39 is 0 Å². The van der Waals surface area contributed by atoms with Crippen LogP contribution in [-0.2, 0) is 44.8 Å². The fraction of sp³-hybridized carbons (Fsp3) is 0.727. The largest absolute Gasteiger partial charge is 0 e. The number of nitrogens with zero attached hydrogens (tertiary/aromatic N) is 3. The summed E-state index contributed by atoms with van der Waals surface area (Å²) in [5.74, 6) is 0.649. The Hall–Kier alpha value is 1.33. The quantitative estimate of drug-likeness (QED) is 0.305. The predicted molar refractivity (Wildman–Crippen MR) is 72.5 cm³/mol. The van der Waals surface area contributed by atoms with Crippen LogP contribution in [0.1, 0.15) is 45.4 Å². The number of aromatic nitrogens is 3. The smallest absolute Gasteiger partial charge is 0 e. The van der Waals surface area contributed by atoms with Crippen molar-refractivity contribution in [3.63, 3.8) is 0 Å². The van der Waals surface area contributed by atoms with Crippen LogP contribution >= 0.6 is 0 Å². The van der Waals surface area contributed by atoms with Crippen molar-refractivity contribution in [2.75, 3.05) is 11.9 Å². The number of anilines is 1. The fourth-order valence-corrected chi connectivity index (χ4v) is 2.54. The zero-order chi connectivity index (χ0) is 12.5. The van der Waals surface area contributed by atoms with Gasteiger partial charge in [0, 0.05) is 44.8 Å². The van der Waals surface area contributed by atoms with Crippen LogP contribution in [0.5, 0.6) is 0 Å². The Labute approximate surface area is 163 Å². The molecule has 4 radical (unpaired) electrons. The molecule has 0 saturated heterocycles. The van der Waals surface area contributed by atoms with Gasteiger partial charge in [0.15, 0.2) is 0 Å². The minimum atomic E-state index is 0. The Morgan fingerprint density at radius 3 is 1.95 bits per heavy atom. The predicted octanol–water partition coefficient (Wildman–Crippen LogP) is 0.227. The van der Waals surface area contributed by atoms with E-state index in [1.165, 1.54) is 38.5 Å². The van der Waals surface area contributed by atoms with Crippen molar-refractivity contribution >= 4 is 47.4 Å². The molecule has 4 nitrogen and oxygen atoms in total. The van der Waals surface area contributed by atoms with Crippen molar-refractivity contribution in [2.24, 2.45) is 0 Å². The third kappa shape index (κ3) is 11.6. The second kappa shape index (κ2) is 14.3. The van der Waals surface area contributed by atoms with Gasteiger partial charge in [0.1, 0.15) is 0 Å². The maximum Gasteiger partial charge on any atom is 0 e. The van der Waals surface area contributed by atoms with Crippen LogP contribution in [0.15, 0.2) is 0 Å². The van der Waals surface area contributed by atoms with Crippen molar-refractivity contribution in [1.82, 2.24) is 15.0 Å². The molecule has 0 saturated carbocycles. The van der Waals surface area contributed by atoms with E-state index in [1.807, 2.05) is 0 Å². The van der Waals surface area contributed by atoms with E-state index in [2.05, 4.69) is 59.2 Å². The molecule has 1 heterocycles. The van der Waals surface area contributed by atoms with Crippen LogP contribution in [-0.4, -0.2) is 53.5 Å². The summed E-state index contributed by atoms with van der Waals surface area (Å²) in [6.07, 6.45) is 7.77. The molecule has 0 aliphatic carbocycles. The SMILES string of the molecule is CCCCCCCCNc1nc([Se])nc([Se])n1.[Au].[Au]. The Morgan fingerprint density at radius 1 is 0.842 bits per heavy atom. The fourth-order valence-electron chi connectivity index (χ4n) is 1.52. The number of unbranched alkanes of at least 4 members (excludes halogenated alkanes) is 5. The van der Waals surface area contributed by atoms with E-state index in [4.69, 9.17) is 0 Å². The summed E-state index contributed by atoms with van der Waals surface area (Å²) >= 11 is 5.57. The summed E-state index contributed by atoms with van der Waals surface area (Å²) in [7, 11) is 0. The zero-order valence-corrected chi connectivity index (χ0v) is 18.5. The topological polar surface area (TPSA) is 50.7 Å². The van der Waals surface area contributed by atoms with Crippen molar-refractivity contribution in [3.8, 4) is 0 Å². The van der Waals surface area contributed by atoms with Gasteiger partial charge in [0.05, 0.1) is 0 Å². The molecule has 0 aliphatic heterocycles. The number of nitrogens with one attached hydrogen (secondary N) is 1. The Balaban J connectivity index is 0. The first-order valence-corrected chi connectivity index (χ1v) is 7.77. The molecule has 1 rings (SSSR count). The summed E-state index contributed by atoms with van der Waals surface area (Å²) in [4.78, 5) is 12.4. The molecule has 0 fully saturated rings. The van der Waals surface area contributed by atoms with Crippen LogP contribution < -0.4 is 14.8 Å². The van der Waals surface area contributed by atoms with Crippen LogP contribution in [0.2, 0.25) is 0 Å². The summed E-state index contributed by atoms with van der Waals surface area (Å²) in [6.45, 7) is 3.16. The van der Waals surface area contributed by atoms with E-state index >= 15 is 0 Å². The third-order valence-corrected chi connectivity index (χ3v) is 3.17. The maximum atomic E-state index is 4.17. The molecule has 116 valence electrons. The molecule has 1 aromatic rings. The van der Waals surface area contributed by atoms with Gasteiger partial charge in [-0.1, -0.05) is 0 Å². The van der Waals surface area contributed by atoms with E-state index in [-0.39, 0.29) is 44.8 Å². The molecule has 0 bridgehead atoms. The van der Waals surface area contributed by atoms with Crippen LogP contribution in [0, 0.1) is 0 Å². The van der Waals surface area contributed by atoms with E-state index in [0.717, 1.165) is 6.54 Å². The molecular weight excluding hydrogens is 740 g/mol. The summed E-state index contributed by atoms with van der Waals surface area (Å²) in [5.41, 5.74) is 0. The average Bonchev–Trinajstić information content (AvgIpc) is 2.26. The summed E-state index contributed by atoms with van der Waals surface area (Å²) < 4.78 is 1.25. The van der Waals surface area contributed by atoms with Crippen LogP contribution in [0.3, 0.4) is 0 Å². The molecule has 0 unspecified atom stereocenters. The van der Waals surface area contributed by atoms with E-state index in [9.17, 15) is 0 Å². The first-order chi connectivity index (χ1) is 8.22. The van der Waals surface area contributed by atoms with E-state index in [1.54, 1.807) is 0 Å². The van der Waals surface area contributed by atoms with Gasteiger partial charge in [-0.3, -0.25) is 0 Å². The third-order valence-electron chi connectivity index (χ3n) is 2.41. The van der Waals surface area contributed by atoms with Crippen molar-refractivity contribution in [2.45, 2.75) is 45.4 Å². The number of hydrogen-bond donors (Lipinski definition) is 1. The van der Waals surface area contributed by atoms with Gasteiger partial charge in [-0.05, 0) is 0 Å². The van der Waals surface area contributed by atoms with Crippen molar-refractivity contribution in [3.05, 3.63) is 0 Å². The van der Waals surface area contributed by atoms with Crippen molar-refractivity contribution < 1.29 is 44.8 Å². The molecule has 0 amide bonds. The molecule has 19 heavy (non-hydrogen) atoms. The van der Waals surface area contributed by atoms with Gasteiger partial charge < -0.3 is 0 Å². The molecule has 0 aromatic carbocycles. The minimum absolute atomic E-state index is 0. The summed E-state index contributed by atoms with van der Waals surface area (Å²) in [6, 6.07) is 0. The zero-order valence-electron chi connectivity index (χ0n) is 10.7. The second-order valence-electron chi connectivity index (χ2n) is 3.92. The normalized spacial score (nSPS) is 9.32. The summed E-state index contributed by atoms with van der Waals surface area (Å²) in [5, 5.41) is 3.21. The minimum Gasteiger partial charge on any atom is 0 e. The van der Waals surface area contributed by atoms with E-state index in [0.29, 0.717) is 15.4 Å². The molecule has 1 N–H and O–H groups in total. The van der Waals surface area contributed by atoms with Gasteiger partial charge in [-0.25, -0.2) is 0 Å². The number of hydrogen-bond acceptors (Lipinski definition) is 4. The molecule has 0 aliphatic rings. The standard InChI is InChI=1S/C11H18N4Se2.2Au/c1-2-3-4-5-6-7-8-12-9-13-10(16)15-11(17)14-9;;/h2-8H2,1H3,(H,12,13,14,15);;. The Bertz CT molecular complexity index is 322. The average molecular weight is 758 g/mol. The molecular formula is C11H18Au2N4Se2. The van der Waals surface area contributed by atoms with Gasteiger partial charge in [-0.2, -0.15) is 0 Å². The first-order valence-electron chi connectivity index (χ1n) is 6.06. The Kier molecular flexibility index (Phi) is 17.0. The monoisotopic (exact) mass is 760 g/mol. The van der Waals surface area contributed by atoms with Crippen molar-refractivity contribution in [1.29, 1.82) is 0 Å². The second-order valence-corrected chi connectivity index (χ2v) is 5.45. The van der Waals surface area contributed by atoms with Gasteiger partial charge in [-0.15, -0.1) is 0 Å². The molecule has 0 atom stereocenters. The number of rotatable bonds is 8.